The predicted molar refractivity (Wildman–Crippen MR) is 80.3 cm³/mol. The zero-order valence-electron chi connectivity index (χ0n) is 11.3. The van der Waals surface area contributed by atoms with Crippen LogP contribution in [-0.2, 0) is 6.04 Å². The van der Waals surface area contributed by atoms with Crippen LogP contribution in [0.2, 0.25) is 13.1 Å². The zero-order chi connectivity index (χ0) is 13.0. The van der Waals surface area contributed by atoms with Crippen molar-refractivity contribution in [3.05, 3.63) is 60.2 Å². The van der Waals surface area contributed by atoms with Crippen LogP contribution in [0.15, 0.2) is 54.6 Å². The van der Waals surface area contributed by atoms with Gasteiger partial charge in [0.25, 0.3) is 0 Å². The molecule has 18 heavy (non-hydrogen) atoms. The van der Waals surface area contributed by atoms with E-state index in [1.807, 2.05) is 0 Å². The highest BCUT2D eigenvalue weighted by Crippen LogP contribution is 2.14. The van der Waals surface area contributed by atoms with Crippen molar-refractivity contribution in [2.24, 2.45) is 0 Å². The quantitative estimate of drug-likeness (QED) is 0.762. The molecule has 1 nitrogen and oxygen atoms in total. The van der Waals surface area contributed by atoms with Crippen LogP contribution in [0.25, 0.3) is 0 Å². The molecule has 0 saturated heterocycles. The van der Waals surface area contributed by atoms with Crippen LogP contribution < -0.4 is 9.92 Å². The van der Waals surface area contributed by atoms with E-state index in [0.717, 1.165) is 5.75 Å². The number of hydrogen-bond donors (Lipinski definition) is 0. The standard InChI is InChI=1S/C16H20OSi/c1-17-15-9-11-16(12-10-15)18(2,3)13-14-7-5-4-6-8-14/h4-12H,13H2,1-3H3. The van der Waals surface area contributed by atoms with Crippen molar-refractivity contribution in [2.75, 3.05) is 7.11 Å². The van der Waals surface area contributed by atoms with Gasteiger partial charge in [-0.2, -0.15) is 0 Å². The molecular formula is C16H20OSi. The molecule has 2 rings (SSSR count). The van der Waals surface area contributed by atoms with Crippen LogP contribution in [0, 0.1) is 0 Å². The summed E-state index contributed by atoms with van der Waals surface area (Å²) >= 11 is 0. The molecule has 0 aliphatic heterocycles. The van der Waals surface area contributed by atoms with Crippen LogP contribution in [0.1, 0.15) is 5.56 Å². The predicted octanol–water partition coefficient (Wildman–Crippen LogP) is 3.39. The Labute approximate surface area is 110 Å². The van der Waals surface area contributed by atoms with Crippen molar-refractivity contribution in [1.82, 2.24) is 0 Å². The average molecular weight is 256 g/mol. The molecule has 0 aliphatic rings. The SMILES string of the molecule is COc1ccc([Si](C)(C)Cc2ccccc2)cc1. The van der Waals surface area contributed by atoms with Crippen LogP contribution >= 0.6 is 0 Å². The van der Waals surface area contributed by atoms with Crippen LogP contribution in [-0.4, -0.2) is 15.2 Å². The Morgan fingerprint density at radius 3 is 2.06 bits per heavy atom. The zero-order valence-corrected chi connectivity index (χ0v) is 12.3. The molecule has 0 radical (unpaired) electrons. The van der Waals surface area contributed by atoms with Crippen LogP contribution in [0.5, 0.6) is 5.75 Å². The highest BCUT2D eigenvalue weighted by Gasteiger charge is 2.23. The second-order valence-electron chi connectivity index (χ2n) is 5.27. The lowest BCUT2D eigenvalue weighted by Gasteiger charge is -2.23. The van der Waals surface area contributed by atoms with Crippen LogP contribution in [0.3, 0.4) is 0 Å². The van der Waals surface area contributed by atoms with Crippen molar-refractivity contribution in [3.63, 3.8) is 0 Å². The molecule has 0 aromatic heterocycles. The number of hydrogen-bond acceptors (Lipinski definition) is 1. The largest absolute Gasteiger partial charge is 0.497 e. The first-order valence-corrected chi connectivity index (χ1v) is 9.51. The third kappa shape index (κ3) is 3.02. The molecule has 2 aromatic carbocycles. The number of benzene rings is 2. The van der Waals surface area contributed by atoms with Gasteiger partial charge in [0.2, 0.25) is 0 Å². The highest BCUT2D eigenvalue weighted by atomic mass is 28.3. The first-order chi connectivity index (χ1) is 8.62. The molecule has 94 valence electrons. The van der Waals surface area contributed by atoms with Gasteiger partial charge < -0.3 is 4.74 Å². The lowest BCUT2D eigenvalue weighted by atomic mass is 10.2. The summed E-state index contributed by atoms with van der Waals surface area (Å²) in [5.74, 6) is 0.934. The molecule has 0 N–H and O–H groups in total. The van der Waals surface area contributed by atoms with E-state index in [-0.39, 0.29) is 0 Å². The minimum atomic E-state index is -1.41. The van der Waals surface area contributed by atoms with Gasteiger partial charge in [-0.15, -0.1) is 0 Å². The number of ether oxygens (including phenoxy) is 1. The third-order valence-electron chi connectivity index (χ3n) is 3.36. The Kier molecular flexibility index (Phi) is 3.87. The fourth-order valence-corrected chi connectivity index (χ4v) is 4.78. The monoisotopic (exact) mass is 256 g/mol. The summed E-state index contributed by atoms with van der Waals surface area (Å²) in [6.07, 6.45) is 0. The second kappa shape index (κ2) is 5.40. The molecule has 0 aliphatic carbocycles. The Hall–Kier alpha value is -1.54. The lowest BCUT2D eigenvalue weighted by molar-refractivity contribution is 0.415. The van der Waals surface area contributed by atoms with Gasteiger partial charge in [0.15, 0.2) is 0 Å². The Morgan fingerprint density at radius 1 is 0.889 bits per heavy atom. The van der Waals surface area contributed by atoms with E-state index >= 15 is 0 Å². The van der Waals surface area contributed by atoms with Crippen molar-refractivity contribution >= 4 is 13.3 Å². The molecule has 0 heterocycles. The van der Waals surface area contributed by atoms with Gasteiger partial charge in [-0.25, -0.2) is 0 Å². The Morgan fingerprint density at radius 2 is 1.50 bits per heavy atom. The normalized spacial score (nSPS) is 11.3. The van der Waals surface area contributed by atoms with E-state index < -0.39 is 8.07 Å². The van der Waals surface area contributed by atoms with Gasteiger partial charge in [0.1, 0.15) is 5.75 Å². The first-order valence-electron chi connectivity index (χ1n) is 6.30. The smallest absolute Gasteiger partial charge is 0.118 e. The lowest BCUT2D eigenvalue weighted by Crippen LogP contribution is -2.43. The van der Waals surface area contributed by atoms with E-state index in [1.165, 1.54) is 16.8 Å². The van der Waals surface area contributed by atoms with Crippen LogP contribution in [0.4, 0.5) is 0 Å². The second-order valence-corrected chi connectivity index (χ2v) is 9.97. The summed E-state index contributed by atoms with van der Waals surface area (Å²) in [6.45, 7) is 4.84. The van der Waals surface area contributed by atoms with Gasteiger partial charge in [0, 0.05) is 0 Å². The summed E-state index contributed by atoms with van der Waals surface area (Å²) < 4.78 is 5.22. The first kappa shape index (κ1) is 12.9. The van der Waals surface area contributed by atoms with E-state index in [2.05, 4.69) is 67.7 Å². The molecule has 0 atom stereocenters. The van der Waals surface area contributed by atoms with Crippen molar-refractivity contribution in [2.45, 2.75) is 19.1 Å². The molecule has 0 amide bonds. The van der Waals surface area contributed by atoms with Crippen molar-refractivity contribution in [3.8, 4) is 5.75 Å². The number of rotatable bonds is 4. The molecule has 0 unspecified atom stereocenters. The maximum atomic E-state index is 5.22. The maximum absolute atomic E-state index is 5.22. The van der Waals surface area contributed by atoms with E-state index in [1.54, 1.807) is 7.11 Å². The molecular weight excluding hydrogens is 236 g/mol. The summed E-state index contributed by atoms with van der Waals surface area (Å²) in [6, 6.07) is 20.5. The number of methoxy groups -OCH3 is 1. The van der Waals surface area contributed by atoms with E-state index in [9.17, 15) is 0 Å². The summed E-state index contributed by atoms with van der Waals surface area (Å²) in [5, 5.41) is 1.48. The van der Waals surface area contributed by atoms with Gasteiger partial charge in [0.05, 0.1) is 15.2 Å². The minimum absolute atomic E-state index is 0.934. The van der Waals surface area contributed by atoms with Crippen molar-refractivity contribution < 1.29 is 4.74 Å². The summed E-state index contributed by atoms with van der Waals surface area (Å²) in [4.78, 5) is 0. The molecule has 2 heteroatoms. The van der Waals surface area contributed by atoms with Gasteiger partial charge in [-0.3, -0.25) is 0 Å². The van der Waals surface area contributed by atoms with E-state index in [4.69, 9.17) is 4.74 Å². The minimum Gasteiger partial charge on any atom is -0.497 e. The fourth-order valence-electron chi connectivity index (χ4n) is 2.25. The molecule has 0 bridgehead atoms. The molecule has 2 aromatic rings. The molecule has 0 fully saturated rings. The average Bonchev–Trinajstić information content (AvgIpc) is 2.39. The summed E-state index contributed by atoms with van der Waals surface area (Å²) in [5.41, 5.74) is 1.44. The van der Waals surface area contributed by atoms with Gasteiger partial charge >= 0.3 is 0 Å². The highest BCUT2D eigenvalue weighted by molar-refractivity contribution is 6.89. The molecule has 0 saturated carbocycles. The Balaban J connectivity index is 2.19. The Bertz CT molecular complexity index is 488. The maximum Gasteiger partial charge on any atom is 0.118 e. The van der Waals surface area contributed by atoms with Gasteiger partial charge in [-0.05, 0) is 18.2 Å². The van der Waals surface area contributed by atoms with Gasteiger partial charge in [-0.1, -0.05) is 66.3 Å². The molecule has 0 spiro atoms. The van der Waals surface area contributed by atoms with Crippen molar-refractivity contribution in [1.29, 1.82) is 0 Å². The topological polar surface area (TPSA) is 9.23 Å². The third-order valence-corrected chi connectivity index (χ3v) is 6.55. The summed E-state index contributed by atoms with van der Waals surface area (Å²) in [7, 11) is 0.298. The van der Waals surface area contributed by atoms with E-state index in [0.29, 0.717) is 0 Å². The fraction of sp³-hybridized carbons (Fsp3) is 0.250.